The first-order chi connectivity index (χ1) is 46.4. The minimum absolute atomic E-state index is 0.0533. The number of benzene rings is 3. The number of nitrogens with one attached hydrogen (secondary N) is 3. The predicted octanol–water partition coefficient (Wildman–Crippen LogP) is 5.90. The molecule has 3 N–H and O–H groups in total. The molecule has 528 valence electrons. The minimum atomic E-state index is -3.72. The van der Waals surface area contributed by atoms with Crippen molar-refractivity contribution in [1.82, 2.24) is 29.7 Å². The Morgan fingerprint density at radius 1 is 0.414 bits per heavy atom. The number of carbonyl (C=O) groups is 9. The molecule has 1 unspecified atom stereocenters. The van der Waals surface area contributed by atoms with Gasteiger partial charge in [0, 0.05) is 39.5 Å². The van der Waals surface area contributed by atoms with Gasteiger partial charge in [-0.05, 0) is 93.6 Å². The molecule has 6 heterocycles. The lowest BCUT2D eigenvalue weighted by Crippen LogP contribution is -2.38. The van der Waals surface area contributed by atoms with E-state index in [4.69, 9.17) is 28.4 Å². The van der Waals surface area contributed by atoms with Crippen LogP contribution in [0.3, 0.4) is 0 Å². The van der Waals surface area contributed by atoms with E-state index in [1.54, 1.807) is 20.8 Å². The zero-order valence-electron chi connectivity index (χ0n) is 55.0. The molecule has 3 aromatic heterocycles. The van der Waals surface area contributed by atoms with E-state index in [2.05, 4.69) is 30.9 Å². The van der Waals surface area contributed by atoms with Crippen LogP contribution in [0.5, 0.6) is 34.9 Å². The fourth-order valence-corrected chi connectivity index (χ4v) is 13.2. The van der Waals surface area contributed by atoms with E-state index in [1.165, 1.54) is 78.5 Å². The number of pyridine rings is 3. The highest BCUT2D eigenvalue weighted by Gasteiger charge is 2.48. The maximum Gasteiger partial charge on any atom is 0.264 e. The zero-order valence-corrected chi connectivity index (χ0v) is 57.5. The number of amides is 9. The fourth-order valence-electron chi connectivity index (χ4n) is 10.6. The number of ether oxygens (including phenoxy) is 6. The van der Waals surface area contributed by atoms with E-state index in [-0.39, 0.29) is 122 Å². The number of anilines is 3. The van der Waals surface area contributed by atoms with Gasteiger partial charge in [-0.15, -0.1) is 0 Å². The third-order valence-corrected chi connectivity index (χ3v) is 17.0. The Morgan fingerprint density at radius 3 is 0.838 bits per heavy atom. The molecule has 0 aliphatic carbocycles. The molecule has 0 fully saturated rings. The summed E-state index contributed by atoms with van der Waals surface area (Å²) in [6.07, 6.45) is 2.86. The number of fused-ring (bicyclic) bond motifs is 3. The van der Waals surface area contributed by atoms with Crippen molar-refractivity contribution in [2.75, 3.05) is 93.1 Å². The summed E-state index contributed by atoms with van der Waals surface area (Å²) in [6, 6.07) is 9.99. The molecule has 0 spiro atoms. The third kappa shape index (κ3) is 17.6. The van der Waals surface area contributed by atoms with E-state index in [9.17, 15) is 81.6 Å². The highest BCUT2D eigenvalue weighted by molar-refractivity contribution is 7.91. The van der Waals surface area contributed by atoms with Crippen LogP contribution < -0.4 is 44.4 Å². The summed E-state index contributed by atoms with van der Waals surface area (Å²) in [7, 11) is -6.97. The predicted molar refractivity (Wildman–Crippen MR) is 347 cm³/mol. The number of hydrogen-bond donors (Lipinski definition) is 3. The van der Waals surface area contributed by atoms with Gasteiger partial charge in [0.2, 0.25) is 17.7 Å². The maximum atomic E-state index is 14.1. The molecule has 36 heteroatoms. The molecule has 0 saturated heterocycles. The first kappa shape index (κ1) is 75.8. The number of rotatable bonds is 24. The first-order valence-corrected chi connectivity index (χ1v) is 35.6. The SMILES string of the molecule is CCOc1nc(C(CS(C)(=O)=O)N2C(=O)c3cc(F)cc(NC(C)=O)c3C2=O)ccc1OC.CCOc1nc([C@@H](CS(C)(=O)=O)N2C(=O)c3cc(F)cc(NC(C)=O)c3C2=O)ccc1OC.CCOc1nc([C@H](CS(C)(=O)=O)N2C(=O)c3cc(F)cc(NC(C)=O)c3C2=O)ccc1OC. The normalized spacial score (nSPS) is 14.2. The van der Waals surface area contributed by atoms with E-state index >= 15 is 0 Å². The molecular weight excluding hydrogens is 1370 g/mol. The monoisotopic (exact) mass is 1440 g/mol. The van der Waals surface area contributed by atoms with Crippen LogP contribution in [0.1, 0.15) is 139 Å². The molecule has 3 aliphatic rings. The van der Waals surface area contributed by atoms with Crippen molar-refractivity contribution in [1.29, 1.82) is 0 Å². The van der Waals surface area contributed by atoms with Crippen LogP contribution in [-0.4, -0.2) is 185 Å². The summed E-state index contributed by atoms with van der Waals surface area (Å²) in [5, 5.41) is 7.01. The molecule has 9 rings (SSSR count). The molecule has 0 bridgehead atoms. The molecule has 0 saturated carbocycles. The number of imide groups is 3. The Balaban J connectivity index is 0.000000209. The lowest BCUT2D eigenvalue weighted by atomic mass is 10.1. The Kier molecular flexibility index (Phi) is 23.6. The van der Waals surface area contributed by atoms with E-state index in [0.717, 1.165) is 55.2 Å². The topological polar surface area (TPSA) is 396 Å². The van der Waals surface area contributed by atoms with Gasteiger partial charge in [-0.25, -0.2) is 53.4 Å². The van der Waals surface area contributed by atoms with Crippen LogP contribution in [-0.2, 0) is 43.9 Å². The molecule has 6 aromatic rings. The van der Waals surface area contributed by atoms with Crippen molar-refractivity contribution in [3.63, 3.8) is 0 Å². The fraction of sp³-hybridized carbons (Fsp3) is 0.333. The van der Waals surface area contributed by atoms with Gasteiger partial charge in [0.25, 0.3) is 53.1 Å². The van der Waals surface area contributed by atoms with Gasteiger partial charge in [-0.2, -0.15) is 0 Å². The minimum Gasteiger partial charge on any atom is -0.491 e. The van der Waals surface area contributed by atoms with Crippen LogP contribution in [0.15, 0.2) is 72.8 Å². The van der Waals surface area contributed by atoms with Gasteiger partial charge in [0.15, 0.2) is 17.2 Å². The van der Waals surface area contributed by atoms with Crippen LogP contribution in [0.2, 0.25) is 0 Å². The van der Waals surface area contributed by atoms with Crippen LogP contribution in [0.25, 0.3) is 0 Å². The Bertz CT molecular complexity index is 4200. The Hall–Kier alpha value is -10.6. The van der Waals surface area contributed by atoms with Crippen molar-refractivity contribution in [3.05, 3.63) is 141 Å². The molecule has 99 heavy (non-hydrogen) atoms. The smallest absolute Gasteiger partial charge is 0.264 e. The third-order valence-electron chi connectivity index (χ3n) is 14.3. The van der Waals surface area contributed by atoms with Crippen LogP contribution in [0, 0.1) is 17.5 Å². The zero-order chi connectivity index (χ0) is 73.5. The summed E-state index contributed by atoms with van der Waals surface area (Å²) in [5.74, 6) is -10.6. The lowest BCUT2D eigenvalue weighted by molar-refractivity contribution is -0.115. The van der Waals surface area contributed by atoms with Crippen molar-refractivity contribution in [2.45, 2.75) is 59.7 Å². The second-order valence-electron chi connectivity index (χ2n) is 22.0. The summed E-state index contributed by atoms with van der Waals surface area (Å²) >= 11 is 0. The molecule has 3 atom stereocenters. The van der Waals surface area contributed by atoms with Gasteiger partial charge >= 0.3 is 0 Å². The maximum absolute atomic E-state index is 14.1. The van der Waals surface area contributed by atoms with Gasteiger partial charge in [-0.1, -0.05) is 0 Å². The molecule has 0 radical (unpaired) electrons. The molecular formula is C63H66F3N9O21S3. The number of sulfone groups is 3. The average Bonchev–Trinajstić information content (AvgIpc) is 1.62. The second kappa shape index (κ2) is 30.8. The van der Waals surface area contributed by atoms with Gasteiger partial charge < -0.3 is 44.4 Å². The number of carbonyl (C=O) groups excluding carboxylic acids is 9. The largest absolute Gasteiger partial charge is 0.491 e. The molecule has 3 aromatic carbocycles. The summed E-state index contributed by atoms with van der Waals surface area (Å²) in [4.78, 5) is 129. The number of methoxy groups -OCH3 is 3. The van der Waals surface area contributed by atoms with E-state index in [0.29, 0.717) is 14.7 Å². The second-order valence-corrected chi connectivity index (χ2v) is 28.5. The van der Waals surface area contributed by atoms with Crippen LogP contribution in [0.4, 0.5) is 30.2 Å². The van der Waals surface area contributed by atoms with E-state index < -0.39 is 136 Å². The first-order valence-electron chi connectivity index (χ1n) is 29.4. The summed E-state index contributed by atoms with van der Waals surface area (Å²) in [6.45, 7) is 9.33. The standard InChI is InChI=1S/3C21H22FN3O7S/c3*1-5-32-19-17(31-3)7-6-14(24-19)16(10-33(4,29)30)25-20(27)13-8-12(22)9-15(23-11(2)26)18(13)21(25)28/h3*6-9,16H,5,10H2,1-4H3,(H,23,26)/t2*16-;/m10./s1. The highest BCUT2D eigenvalue weighted by atomic mass is 32.2. The number of halogens is 3. The van der Waals surface area contributed by atoms with Crippen molar-refractivity contribution in [2.24, 2.45) is 0 Å². The van der Waals surface area contributed by atoms with Gasteiger partial charge in [-0.3, -0.25) is 57.9 Å². The lowest BCUT2D eigenvalue weighted by Gasteiger charge is -2.26. The van der Waals surface area contributed by atoms with Crippen molar-refractivity contribution >= 4 is 99.7 Å². The van der Waals surface area contributed by atoms with Crippen molar-refractivity contribution in [3.8, 4) is 34.9 Å². The van der Waals surface area contributed by atoms with Crippen molar-refractivity contribution < 1.29 is 110 Å². The molecule has 30 nitrogen and oxygen atoms in total. The van der Waals surface area contributed by atoms with E-state index in [1.807, 2.05) is 0 Å². The Labute approximate surface area is 565 Å². The average molecular weight is 1440 g/mol. The molecule has 3 aliphatic heterocycles. The molecule has 9 amide bonds. The Morgan fingerprint density at radius 2 is 0.646 bits per heavy atom. The number of nitrogens with zero attached hydrogens (tertiary/aromatic N) is 6. The summed E-state index contributed by atoms with van der Waals surface area (Å²) in [5.41, 5.74) is -1.95. The summed E-state index contributed by atoms with van der Waals surface area (Å²) < 4.78 is 148. The van der Waals surface area contributed by atoms with Gasteiger partial charge in [0.1, 0.15) is 47.0 Å². The number of aromatic nitrogens is 3. The highest BCUT2D eigenvalue weighted by Crippen LogP contribution is 2.42. The van der Waals surface area contributed by atoms with Crippen LogP contribution >= 0.6 is 0 Å². The number of hydrogen-bond acceptors (Lipinski definition) is 24. The van der Waals surface area contributed by atoms with Gasteiger partial charge in [0.05, 0.1) is 144 Å². The quantitative estimate of drug-likeness (QED) is 0.0593.